The lowest BCUT2D eigenvalue weighted by molar-refractivity contribution is 1.30. The Morgan fingerprint density at radius 2 is 0.392 bits per heavy atom. The van der Waals surface area contributed by atoms with Crippen LogP contribution in [0.15, 0.2) is 291 Å². The van der Waals surface area contributed by atoms with Gasteiger partial charge in [0.2, 0.25) is 0 Å². The Bertz CT molecular complexity index is 4230. The van der Waals surface area contributed by atoms with Gasteiger partial charge in [-0.2, -0.15) is 0 Å². The molecule has 0 atom stereocenters. The SMILES string of the molecule is c1ccc(N(c2ccccc2)c2ccc(-c3ccc(N(c4ccc(-c5cccc6ccccc56)c5ccccc45)c4ccc(-c5cccc6ccccc56)c5ccccc45)c4ccccc34)c3ccccc23)cc1. The molecule has 0 N–H and O–H groups in total. The monoisotopic (exact) mass is 940 g/mol. The second kappa shape index (κ2) is 18.1. The molecule has 74 heavy (non-hydrogen) atoms. The number of nitrogens with zero attached hydrogens (tertiary/aromatic N) is 2. The van der Waals surface area contributed by atoms with Crippen LogP contribution < -0.4 is 9.80 Å². The van der Waals surface area contributed by atoms with Crippen LogP contribution >= 0.6 is 0 Å². The summed E-state index contributed by atoms with van der Waals surface area (Å²) in [6, 6.07) is 107. The minimum Gasteiger partial charge on any atom is -0.310 e. The Morgan fingerprint density at radius 1 is 0.149 bits per heavy atom. The molecule has 346 valence electrons. The van der Waals surface area contributed by atoms with Gasteiger partial charge in [0.15, 0.2) is 0 Å². The van der Waals surface area contributed by atoms with Crippen molar-refractivity contribution in [2.75, 3.05) is 9.80 Å². The Kier molecular flexibility index (Phi) is 10.6. The molecule has 0 amide bonds. The van der Waals surface area contributed by atoms with E-state index in [-0.39, 0.29) is 0 Å². The van der Waals surface area contributed by atoms with Crippen LogP contribution in [0.3, 0.4) is 0 Å². The van der Waals surface area contributed by atoms with Gasteiger partial charge in [-0.3, -0.25) is 0 Å². The number of anilines is 6. The van der Waals surface area contributed by atoms with Crippen molar-refractivity contribution in [1.82, 2.24) is 0 Å². The summed E-state index contributed by atoms with van der Waals surface area (Å²) in [5.74, 6) is 0. The predicted octanol–water partition coefficient (Wildman–Crippen LogP) is 20.5. The third-order valence-corrected chi connectivity index (χ3v) is 15.0. The summed E-state index contributed by atoms with van der Waals surface area (Å²) in [7, 11) is 0. The van der Waals surface area contributed by atoms with E-state index in [9.17, 15) is 0 Å². The summed E-state index contributed by atoms with van der Waals surface area (Å²) in [6.45, 7) is 0. The van der Waals surface area contributed by atoms with Crippen molar-refractivity contribution in [3.8, 4) is 33.4 Å². The van der Waals surface area contributed by atoms with Crippen LogP contribution in [-0.4, -0.2) is 0 Å². The number of hydrogen-bond donors (Lipinski definition) is 0. The molecule has 0 aliphatic carbocycles. The van der Waals surface area contributed by atoms with Gasteiger partial charge in [0.05, 0.1) is 22.7 Å². The average molecular weight is 941 g/mol. The number of fused-ring (bicyclic) bond motifs is 6. The van der Waals surface area contributed by atoms with Crippen molar-refractivity contribution in [1.29, 1.82) is 0 Å². The summed E-state index contributed by atoms with van der Waals surface area (Å²) >= 11 is 0. The Labute approximate surface area is 430 Å². The Hall–Kier alpha value is -9.76. The van der Waals surface area contributed by atoms with Crippen molar-refractivity contribution in [3.63, 3.8) is 0 Å². The molecule has 0 saturated heterocycles. The largest absolute Gasteiger partial charge is 0.310 e. The van der Waals surface area contributed by atoms with Gasteiger partial charge in [0.1, 0.15) is 0 Å². The summed E-state index contributed by atoms with van der Waals surface area (Å²) in [6.07, 6.45) is 0. The van der Waals surface area contributed by atoms with Crippen LogP contribution in [0.5, 0.6) is 0 Å². The standard InChI is InChI=1S/C72H48N2/c1-3-25-51(26-4-1)73(52-27-5-2-6-28-52)69-45-41-63(59-33-11-15-35-65(59)69)64-44-48-72(68-38-18-14-34-60(64)68)74(70-46-42-61(57-31-12-16-36-66(57)70)55-39-19-23-49-21-7-9-29-53(49)55)71-47-43-62(58-32-13-17-37-67(58)71)56-40-20-24-50-22-8-10-30-54(50)56/h1-48H. The molecule has 0 aliphatic heterocycles. The van der Waals surface area contributed by atoms with Gasteiger partial charge in [0, 0.05) is 32.9 Å². The maximum Gasteiger partial charge on any atom is 0.0540 e. The molecule has 0 unspecified atom stereocenters. The first kappa shape index (κ1) is 43.1. The smallest absolute Gasteiger partial charge is 0.0540 e. The van der Waals surface area contributed by atoms with Crippen molar-refractivity contribution in [3.05, 3.63) is 291 Å². The maximum absolute atomic E-state index is 2.54. The van der Waals surface area contributed by atoms with E-state index >= 15 is 0 Å². The van der Waals surface area contributed by atoms with Crippen LogP contribution in [0.25, 0.3) is 98.0 Å². The molecular formula is C72H48N2. The molecular weight excluding hydrogens is 893 g/mol. The average Bonchev–Trinajstić information content (AvgIpc) is 3.48. The summed E-state index contributed by atoms with van der Waals surface area (Å²) < 4.78 is 0. The minimum absolute atomic E-state index is 1.11. The van der Waals surface area contributed by atoms with E-state index in [1.165, 1.54) is 92.6 Å². The highest BCUT2D eigenvalue weighted by Gasteiger charge is 2.25. The zero-order valence-corrected chi connectivity index (χ0v) is 40.6. The Balaban J connectivity index is 1.01. The highest BCUT2D eigenvalue weighted by Crippen LogP contribution is 2.50. The third kappa shape index (κ3) is 7.19. The van der Waals surface area contributed by atoms with Crippen molar-refractivity contribution in [2.45, 2.75) is 0 Å². The molecule has 0 fully saturated rings. The van der Waals surface area contributed by atoms with E-state index < -0.39 is 0 Å². The van der Waals surface area contributed by atoms with Gasteiger partial charge in [-0.05, 0) is 125 Å². The molecule has 2 heteroatoms. The lowest BCUT2D eigenvalue weighted by Gasteiger charge is -2.31. The lowest BCUT2D eigenvalue weighted by Crippen LogP contribution is -2.12. The third-order valence-electron chi connectivity index (χ3n) is 15.0. The van der Waals surface area contributed by atoms with E-state index in [0.29, 0.717) is 0 Å². The normalized spacial score (nSPS) is 11.5. The first-order valence-electron chi connectivity index (χ1n) is 25.5. The van der Waals surface area contributed by atoms with E-state index in [1.807, 2.05) is 0 Å². The zero-order valence-electron chi connectivity index (χ0n) is 40.6. The molecule has 0 bridgehead atoms. The lowest BCUT2D eigenvalue weighted by atomic mass is 9.90. The first-order chi connectivity index (χ1) is 36.8. The molecule has 14 aromatic carbocycles. The molecule has 0 spiro atoms. The fraction of sp³-hybridized carbons (Fsp3) is 0. The molecule has 14 aromatic rings. The van der Waals surface area contributed by atoms with Crippen LogP contribution in [0.2, 0.25) is 0 Å². The molecule has 0 radical (unpaired) electrons. The second-order valence-electron chi connectivity index (χ2n) is 19.1. The van der Waals surface area contributed by atoms with E-state index in [2.05, 4.69) is 301 Å². The fourth-order valence-electron chi connectivity index (χ4n) is 11.7. The summed E-state index contributed by atoms with van der Waals surface area (Å²) in [5.41, 5.74) is 13.9. The molecule has 14 rings (SSSR count). The summed E-state index contributed by atoms with van der Waals surface area (Å²) in [5, 5.41) is 14.4. The van der Waals surface area contributed by atoms with Gasteiger partial charge >= 0.3 is 0 Å². The van der Waals surface area contributed by atoms with Crippen molar-refractivity contribution >= 4 is 98.8 Å². The van der Waals surface area contributed by atoms with Crippen LogP contribution in [0, 0.1) is 0 Å². The van der Waals surface area contributed by atoms with Crippen LogP contribution in [0.4, 0.5) is 34.1 Å². The highest BCUT2D eigenvalue weighted by molar-refractivity contribution is 6.18. The quantitative estimate of drug-likeness (QED) is 0.142. The molecule has 0 saturated carbocycles. The topological polar surface area (TPSA) is 6.48 Å². The molecule has 2 nitrogen and oxygen atoms in total. The zero-order chi connectivity index (χ0) is 49.0. The second-order valence-corrected chi connectivity index (χ2v) is 19.1. The van der Waals surface area contributed by atoms with Crippen molar-refractivity contribution < 1.29 is 0 Å². The van der Waals surface area contributed by atoms with E-state index in [4.69, 9.17) is 0 Å². The molecule has 0 aliphatic rings. The van der Waals surface area contributed by atoms with Gasteiger partial charge in [-0.1, -0.05) is 243 Å². The van der Waals surface area contributed by atoms with E-state index in [0.717, 1.165) is 39.5 Å². The molecule has 0 heterocycles. The highest BCUT2D eigenvalue weighted by atomic mass is 15.2. The number of hydrogen-bond acceptors (Lipinski definition) is 2. The van der Waals surface area contributed by atoms with Gasteiger partial charge in [-0.25, -0.2) is 0 Å². The number of rotatable bonds is 9. The van der Waals surface area contributed by atoms with Crippen LogP contribution in [-0.2, 0) is 0 Å². The number of para-hydroxylation sites is 2. The van der Waals surface area contributed by atoms with Crippen LogP contribution in [0.1, 0.15) is 0 Å². The first-order valence-corrected chi connectivity index (χ1v) is 25.5. The predicted molar refractivity (Wildman–Crippen MR) is 317 cm³/mol. The number of benzene rings is 14. The Morgan fingerprint density at radius 3 is 0.730 bits per heavy atom. The fourth-order valence-corrected chi connectivity index (χ4v) is 11.7. The maximum atomic E-state index is 2.54. The van der Waals surface area contributed by atoms with Gasteiger partial charge in [-0.15, -0.1) is 0 Å². The molecule has 0 aromatic heterocycles. The van der Waals surface area contributed by atoms with Gasteiger partial charge in [0.25, 0.3) is 0 Å². The van der Waals surface area contributed by atoms with Gasteiger partial charge < -0.3 is 9.80 Å². The van der Waals surface area contributed by atoms with E-state index in [1.54, 1.807) is 0 Å². The summed E-state index contributed by atoms with van der Waals surface area (Å²) in [4.78, 5) is 4.91. The minimum atomic E-state index is 1.11. The van der Waals surface area contributed by atoms with Crippen molar-refractivity contribution in [2.24, 2.45) is 0 Å².